The topological polar surface area (TPSA) is 97.4 Å². The molecule has 2 heterocycles. The van der Waals surface area contributed by atoms with Crippen molar-refractivity contribution < 1.29 is 0 Å². The molecule has 2 aromatic heterocycles. The molecule has 3 rings (SSSR count). The zero-order chi connectivity index (χ0) is 13.2. The molecule has 0 aliphatic rings. The summed E-state index contributed by atoms with van der Waals surface area (Å²) in [6.07, 6.45) is 4.20. The number of nitrogens with one attached hydrogen (secondary N) is 2. The first-order chi connectivity index (χ1) is 9.22. The maximum atomic E-state index is 5.99. The van der Waals surface area contributed by atoms with Gasteiger partial charge in [-0.15, -0.1) is 0 Å². The van der Waals surface area contributed by atoms with E-state index in [9.17, 15) is 0 Å². The first-order valence-corrected chi connectivity index (χ1v) is 6.03. The van der Waals surface area contributed by atoms with Gasteiger partial charge in [-0.05, 0) is 12.1 Å². The molecule has 7 heteroatoms. The van der Waals surface area contributed by atoms with E-state index in [4.69, 9.17) is 5.73 Å². The van der Waals surface area contributed by atoms with Gasteiger partial charge in [-0.3, -0.25) is 9.78 Å². The highest BCUT2D eigenvalue weighted by atomic mass is 15.3. The van der Waals surface area contributed by atoms with Crippen LogP contribution in [0.1, 0.15) is 5.82 Å². The summed E-state index contributed by atoms with van der Waals surface area (Å²) in [6.45, 7) is 0.730. The van der Waals surface area contributed by atoms with Crippen molar-refractivity contribution in [2.75, 3.05) is 17.6 Å². The summed E-state index contributed by atoms with van der Waals surface area (Å²) < 4.78 is 1.69. The Morgan fingerprint density at radius 3 is 3.11 bits per heavy atom. The molecule has 0 unspecified atom stereocenters. The zero-order valence-corrected chi connectivity index (χ0v) is 10.6. The first kappa shape index (κ1) is 11.5. The Kier molecular flexibility index (Phi) is 2.79. The summed E-state index contributed by atoms with van der Waals surface area (Å²) in [4.78, 5) is 4.18. The molecule has 0 fully saturated rings. The molecular formula is C12H15N7. The van der Waals surface area contributed by atoms with E-state index < -0.39 is 0 Å². The van der Waals surface area contributed by atoms with Crippen LogP contribution >= 0.6 is 0 Å². The first-order valence-electron chi connectivity index (χ1n) is 6.03. The maximum Gasteiger partial charge on any atom is 0.152 e. The minimum atomic E-state index is 0.711. The number of aromatic amines is 1. The Morgan fingerprint density at radius 1 is 1.42 bits per heavy atom. The number of fused-ring (bicyclic) bond motifs is 1. The van der Waals surface area contributed by atoms with E-state index in [1.807, 2.05) is 19.2 Å². The molecule has 0 bridgehead atoms. The Hall–Kier alpha value is -2.57. The molecule has 0 amide bonds. The molecule has 3 aromatic rings. The third-order valence-electron chi connectivity index (χ3n) is 2.92. The van der Waals surface area contributed by atoms with Crippen molar-refractivity contribution in [3.8, 4) is 0 Å². The van der Waals surface area contributed by atoms with Crippen molar-refractivity contribution >= 4 is 22.3 Å². The van der Waals surface area contributed by atoms with Crippen LogP contribution in [0, 0.1) is 0 Å². The maximum absolute atomic E-state index is 5.99. The van der Waals surface area contributed by atoms with Gasteiger partial charge in [0.05, 0.1) is 23.1 Å². The number of nitrogens with two attached hydrogens (primary N) is 1. The average Bonchev–Trinajstić information content (AvgIpc) is 2.98. The summed E-state index contributed by atoms with van der Waals surface area (Å²) in [5.74, 6) is 0.816. The van der Waals surface area contributed by atoms with Gasteiger partial charge >= 0.3 is 0 Å². The van der Waals surface area contributed by atoms with Gasteiger partial charge in [0.2, 0.25) is 0 Å². The van der Waals surface area contributed by atoms with Crippen LogP contribution in [-0.2, 0) is 13.5 Å². The normalized spacial score (nSPS) is 11.0. The number of benzene rings is 1. The lowest BCUT2D eigenvalue weighted by atomic mass is 10.2. The summed E-state index contributed by atoms with van der Waals surface area (Å²) >= 11 is 0. The Morgan fingerprint density at radius 2 is 2.32 bits per heavy atom. The molecule has 0 aliphatic carbocycles. The molecule has 1 aromatic carbocycles. The molecular weight excluding hydrogens is 242 g/mol. The van der Waals surface area contributed by atoms with Gasteiger partial charge in [0.15, 0.2) is 5.82 Å². The number of nitrogen functional groups attached to an aromatic ring is 1. The predicted molar refractivity (Wildman–Crippen MR) is 73.7 cm³/mol. The molecule has 0 saturated carbocycles. The number of H-pyrrole nitrogens is 1. The molecule has 0 saturated heterocycles. The third-order valence-corrected chi connectivity index (χ3v) is 2.92. The summed E-state index contributed by atoms with van der Waals surface area (Å²) in [7, 11) is 1.86. The van der Waals surface area contributed by atoms with Crippen LogP contribution in [0.5, 0.6) is 0 Å². The molecule has 0 radical (unpaired) electrons. The molecule has 0 aliphatic heterocycles. The van der Waals surface area contributed by atoms with Crippen molar-refractivity contribution in [3.05, 3.63) is 30.5 Å². The lowest BCUT2D eigenvalue weighted by molar-refractivity contribution is 0.742. The van der Waals surface area contributed by atoms with Crippen molar-refractivity contribution in [1.82, 2.24) is 25.0 Å². The SMILES string of the molecule is Cn1cnc(CCNc2cc3[nH]ncc3cc2N)n1. The number of anilines is 2. The number of hydrogen-bond acceptors (Lipinski definition) is 5. The summed E-state index contributed by atoms with van der Waals surface area (Å²) in [5, 5.41) is 15.4. The fourth-order valence-corrected chi connectivity index (χ4v) is 1.97. The molecule has 7 nitrogen and oxygen atoms in total. The van der Waals surface area contributed by atoms with E-state index >= 15 is 0 Å². The quantitative estimate of drug-likeness (QED) is 0.604. The molecule has 19 heavy (non-hydrogen) atoms. The average molecular weight is 257 g/mol. The van der Waals surface area contributed by atoms with Gasteiger partial charge in [0.25, 0.3) is 0 Å². The van der Waals surface area contributed by atoms with Crippen LogP contribution in [0.25, 0.3) is 10.9 Å². The van der Waals surface area contributed by atoms with Gasteiger partial charge in [-0.1, -0.05) is 0 Å². The fraction of sp³-hybridized carbons (Fsp3) is 0.250. The Bertz CT molecular complexity index is 697. The highest BCUT2D eigenvalue weighted by Gasteiger charge is 2.04. The fourth-order valence-electron chi connectivity index (χ4n) is 1.97. The van der Waals surface area contributed by atoms with Crippen LogP contribution in [0.15, 0.2) is 24.7 Å². The predicted octanol–water partition coefficient (Wildman–Crippen LogP) is 0.928. The molecule has 98 valence electrons. The van der Waals surface area contributed by atoms with Crippen LogP contribution < -0.4 is 11.1 Å². The summed E-state index contributed by atoms with van der Waals surface area (Å²) in [6, 6.07) is 3.86. The molecule has 0 atom stereocenters. The highest BCUT2D eigenvalue weighted by molar-refractivity contribution is 5.88. The van der Waals surface area contributed by atoms with Crippen molar-refractivity contribution in [2.24, 2.45) is 7.05 Å². The lowest BCUT2D eigenvalue weighted by Crippen LogP contribution is -2.08. The van der Waals surface area contributed by atoms with E-state index in [0.717, 1.165) is 35.4 Å². The monoisotopic (exact) mass is 257 g/mol. The number of hydrogen-bond donors (Lipinski definition) is 3. The van der Waals surface area contributed by atoms with Gasteiger partial charge in [-0.2, -0.15) is 10.2 Å². The highest BCUT2D eigenvalue weighted by Crippen LogP contribution is 2.24. The number of rotatable bonds is 4. The Balaban J connectivity index is 1.69. The van der Waals surface area contributed by atoms with Gasteiger partial charge in [-0.25, -0.2) is 4.98 Å². The van der Waals surface area contributed by atoms with E-state index in [2.05, 4.69) is 25.6 Å². The van der Waals surface area contributed by atoms with Crippen LogP contribution in [0.3, 0.4) is 0 Å². The minimum Gasteiger partial charge on any atom is -0.397 e. The second-order valence-electron chi connectivity index (χ2n) is 4.41. The summed E-state index contributed by atoms with van der Waals surface area (Å²) in [5.41, 5.74) is 8.56. The number of aromatic nitrogens is 5. The Labute approximate surface area is 109 Å². The van der Waals surface area contributed by atoms with Crippen molar-refractivity contribution in [1.29, 1.82) is 0 Å². The van der Waals surface area contributed by atoms with Crippen LogP contribution in [0.2, 0.25) is 0 Å². The number of nitrogens with zero attached hydrogens (tertiary/aromatic N) is 4. The van der Waals surface area contributed by atoms with Gasteiger partial charge < -0.3 is 11.1 Å². The minimum absolute atomic E-state index is 0.711. The lowest BCUT2D eigenvalue weighted by Gasteiger charge is -2.08. The van der Waals surface area contributed by atoms with E-state index in [1.54, 1.807) is 17.2 Å². The molecule has 4 N–H and O–H groups in total. The van der Waals surface area contributed by atoms with Gasteiger partial charge in [0, 0.05) is 25.4 Å². The largest absolute Gasteiger partial charge is 0.397 e. The van der Waals surface area contributed by atoms with Crippen LogP contribution in [-0.4, -0.2) is 31.5 Å². The second-order valence-corrected chi connectivity index (χ2v) is 4.41. The van der Waals surface area contributed by atoms with Gasteiger partial charge in [0.1, 0.15) is 6.33 Å². The van der Waals surface area contributed by atoms with Crippen LogP contribution in [0.4, 0.5) is 11.4 Å². The van der Waals surface area contributed by atoms with E-state index in [1.165, 1.54) is 0 Å². The third kappa shape index (κ3) is 2.35. The van der Waals surface area contributed by atoms with E-state index in [-0.39, 0.29) is 0 Å². The van der Waals surface area contributed by atoms with Crippen molar-refractivity contribution in [3.63, 3.8) is 0 Å². The molecule has 0 spiro atoms. The standard InChI is InChI=1S/C12H15N7/c1-19-7-15-12(18-19)2-3-14-11-5-10-8(4-9(11)13)6-16-17-10/h4-7,14H,2-3,13H2,1H3,(H,16,17). The van der Waals surface area contributed by atoms with Crippen molar-refractivity contribution in [2.45, 2.75) is 6.42 Å². The smallest absolute Gasteiger partial charge is 0.152 e. The second kappa shape index (κ2) is 4.60. The zero-order valence-electron chi connectivity index (χ0n) is 10.6. The number of aryl methyl sites for hydroxylation is 1. The van der Waals surface area contributed by atoms with E-state index in [0.29, 0.717) is 5.69 Å².